The second-order valence-corrected chi connectivity index (χ2v) is 9.83. The van der Waals surface area contributed by atoms with Crippen LogP contribution in [0, 0.1) is 34.5 Å². The predicted octanol–water partition coefficient (Wildman–Crippen LogP) is 4.26. The molecule has 3 fully saturated rings. The average Bonchev–Trinajstić information content (AvgIpc) is 3.01. The summed E-state index contributed by atoms with van der Waals surface area (Å²) in [5.41, 5.74) is 0.687. The van der Waals surface area contributed by atoms with E-state index in [1.807, 2.05) is 0 Å². The maximum absolute atomic E-state index is 12.5. The minimum atomic E-state index is -0.412. The van der Waals surface area contributed by atoms with Crippen LogP contribution in [0.1, 0.15) is 52.9 Å². The summed E-state index contributed by atoms with van der Waals surface area (Å²) in [6.07, 6.45) is 9.79. The molecule has 0 bridgehead atoms. The van der Waals surface area contributed by atoms with Crippen molar-refractivity contribution in [2.75, 3.05) is 5.88 Å². The smallest absolute Gasteiger partial charge is 0.321 e. The lowest BCUT2D eigenvalue weighted by molar-refractivity contribution is -0.177. The number of ether oxygens (including phenoxy) is 1. The molecule has 1 unspecified atom stereocenters. The molecule has 0 aliphatic heterocycles. The lowest BCUT2D eigenvalue weighted by atomic mass is 9.46. The molecule has 4 nitrogen and oxygen atoms in total. The van der Waals surface area contributed by atoms with Crippen LogP contribution in [0.2, 0.25) is 0 Å². The molecule has 7 atom stereocenters. The molecule has 4 aliphatic carbocycles. The number of hydrogen-bond donors (Lipinski definition) is 0. The van der Waals surface area contributed by atoms with Crippen LogP contribution in [-0.4, -0.2) is 29.5 Å². The lowest BCUT2D eigenvalue weighted by Gasteiger charge is -2.59. The van der Waals surface area contributed by atoms with Gasteiger partial charge in [-0.15, -0.1) is 11.6 Å². The van der Waals surface area contributed by atoms with Gasteiger partial charge < -0.3 is 4.74 Å². The summed E-state index contributed by atoms with van der Waals surface area (Å²) in [6, 6.07) is 0. The van der Waals surface area contributed by atoms with Gasteiger partial charge in [-0.2, -0.15) is 0 Å². The Balaban J connectivity index is 1.75. The Morgan fingerprint density at radius 3 is 2.64 bits per heavy atom. The van der Waals surface area contributed by atoms with Crippen LogP contribution >= 0.6 is 11.6 Å². The quantitative estimate of drug-likeness (QED) is 0.520. The fraction of sp³-hybridized carbons (Fsp3) is 0.696. The number of carbonyl (C=O) groups excluding carboxylic acids is 3. The molecule has 28 heavy (non-hydrogen) atoms. The van der Waals surface area contributed by atoms with Gasteiger partial charge in [0.25, 0.3) is 0 Å². The number of ketones is 2. The van der Waals surface area contributed by atoms with Crippen molar-refractivity contribution in [2.45, 2.75) is 59.0 Å². The third-order valence-corrected chi connectivity index (χ3v) is 8.72. The summed E-state index contributed by atoms with van der Waals surface area (Å²) >= 11 is 5.75. The van der Waals surface area contributed by atoms with Crippen molar-refractivity contribution in [1.29, 1.82) is 0 Å². The fourth-order valence-corrected chi connectivity index (χ4v) is 7.23. The lowest BCUT2D eigenvalue weighted by Crippen LogP contribution is -2.57. The largest absolute Gasteiger partial charge is 0.461 e. The fourth-order valence-electron chi connectivity index (χ4n) is 7.17. The van der Waals surface area contributed by atoms with E-state index in [0.29, 0.717) is 17.8 Å². The normalized spacial score (nSPS) is 44.2. The van der Waals surface area contributed by atoms with E-state index in [-0.39, 0.29) is 40.3 Å². The molecule has 0 heterocycles. The zero-order chi connectivity index (χ0) is 20.3. The highest BCUT2D eigenvalue weighted by atomic mass is 35.5. The number of esters is 1. The summed E-state index contributed by atoms with van der Waals surface area (Å²) in [5.74, 6) is 0.722. The van der Waals surface area contributed by atoms with Gasteiger partial charge in [-0.05, 0) is 68.9 Å². The first kappa shape index (κ1) is 19.9. The van der Waals surface area contributed by atoms with Crippen LogP contribution in [0.5, 0.6) is 0 Å². The van der Waals surface area contributed by atoms with Crippen LogP contribution in [0.4, 0.5) is 0 Å². The van der Waals surface area contributed by atoms with E-state index in [9.17, 15) is 14.4 Å². The molecule has 4 rings (SSSR count). The van der Waals surface area contributed by atoms with Crippen molar-refractivity contribution in [2.24, 2.45) is 34.5 Å². The average molecular weight is 405 g/mol. The third kappa shape index (κ3) is 2.74. The topological polar surface area (TPSA) is 60.4 Å². The Morgan fingerprint density at radius 2 is 1.96 bits per heavy atom. The van der Waals surface area contributed by atoms with E-state index < -0.39 is 5.97 Å². The number of hydrogen-bond acceptors (Lipinski definition) is 4. The third-order valence-electron chi connectivity index (χ3n) is 8.50. The van der Waals surface area contributed by atoms with E-state index in [1.54, 1.807) is 19.1 Å². The highest BCUT2D eigenvalue weighted by Gasteiger charge is 2.64. The van der Waals surface area contributed by atoms with Crippen molar-refractivity contribution in [3.8, 4) is 0 Å². The van der Waals surface area contributed by atoms with Crippen molar-refractivity contribution in [3.63, 3.8) is 0 Å². The number of allylic oxidation sites excluding steroid dienone is 4. The summed E-state index contributed by atoms with van der Waals surface area (Å²) in [7, 11) is 0. The van der Waals surface area contributed by atoms with E-state index in [0.717, 1.165) is 32.1 Å². The predicted molar refractivity (Wildman–Crippen MR) is 107 cm³/mol. The standard InChI is InChI=1S/C23H29ClO4/c1-13(25)17-6-7-18-16-5-4-14-10-15(26)8-9-22(14,2)19(16)11-20(23(17,18)3)28-21(27)12-24/h8-10,16-20H,4-7,11-12H2,1-3H3/t16-,17+,18-,19-,20?,22-,23+/m0/s1. The van der Waals surface area contributed by atoms with Crippen molar-refractivity contribution < 1.29 is 19.1 Å². The molecule has 0 amide bonds. The molecule has 0 aromatic heterocycles. The molecule has 0 radical (unpaired) electrons. The summed E-state index contributed by atoms with van der Waals surface area (Å²) < 4.78 is 5.90. The van der Waals surface area contributed by atoms with E-state index >= 15 is 0 Å². The van der Waals surface area contributed by atoms with Crippen LogP contribution in [0.15, 0.2) is 23.8 Å². The molecule has 4 aliphatic rings. The monoisotopic (exact) mass is 404 g/mol. The van der Waals surface area contributed by atoms with Gasteiger partial charge in [-0.25, -0.2) is 0 Å². The first-order valence-electron chi connectivity index (χ1n) is 10.4. The Kier molecular flexibility index (Phi) is 4.85. The first-order chi connectivity index (χ1) is 13.2. The van der Waals surface area contributed by atoms with E-state index in [2.05, 4.69) is 19.9 Å². The van der Waals surface area contributed by atoms with Gasteiger partial charge in [0.05, 0.1) is 0 Å². The molecule has 3 saturated carbocycles. The van der Waals surface area contributed by atoms with Gasteiger partial charge in [-0.1, -0.05) is 25.5 Å². The number of Topliss-reactive ketones (excluding diaryl/α,β-unsaturated/α-hetero) is 1. The van der Waals surface area contributed by atoms with Crippen LogP contribution in [0.3, 0.4) is 0 Å². The SMILES string of the molecule is CC(=O)[C@H]1CC[C@H]2[C@@H]3CCC4=CC(=O)C=C[C@]4(C)[C@H]3CC(OC(=O)CCl)[C@]12C. The number of fused-ring (bicyclic) bond motifs is 5. The Labute approximate surface area is 171 Å². The second kappa shape index (κ2) is 6.83. The molecular formula is C23H29ClO4. The van der Waals surface area contributed by atoms with Crippen LogP contribution in [0.25, 0.3) is 0 Å². The summed E-state index contributed by atoms with van der Waals surface area (Å²) in [5, 5.41) is 0. The van der Waals surface area contributed by atoms with Crippen molar-refractivity contribution in [1.82, 2.24) is 0 Å². The van der Waals surface area contributed by atoms with E-state index in [1.165, 1.54) is 5.57 Å². The zero-order valence-corrected chi connectivity index (χ0v) is 17.6. The molecule has 0 saturated heterocycles. The Bertz CT molecular complexity index is 783. The minimum Gasteiger partial charge on any atom is -0.461 e. The zero-order valence-electron chi connectivity index (χ0n) is 16.9. The minimum absolute atomic E-state index is 0.0641. The maximum Gasteiger partial charge on any atom is 0.321 e. The van der Waals surface area contributed by atoms with Gasteiger partial charge >= 0.3 is 5.97 Å². The van der Waals surface area contributed by atoms with Crippen LogP contribution < -0.4 is 0 Å². The van der Waals surface area contributed by atoms with Gasteiger partial charge in [0.15, 0.2) is 5.78 Å². The van der Waals surface area contributed by atoms with Crippen molar-refractivity contribution in [3.05, 3.63) is 23.8 Å². The van der Waals surface area contributed by atoms with Crippen molar-refractivity contribution >= 4 is 29.1 Å². The Morgan fingerprint density at radius 1 is 1.21 bits per heavy atom. The maximum atomic E-state index is 12.5. The molecule has 0 aromatic carbocycles. The van der Waals surface area contributed by atoms with Gasteiger partial charge in [-0.3, -0.25) is 14.4 Å². The highest BCUT2D eigenvalue weighted by Crippen LogP contribution is 2.66. The molecule has 0 spiro atoms. The second-order valence-electron chi connectivity index (χ2n) is 9.56. The highest BCUT2D eigenvalue weighted by molar-refractivity contribution is 6.26. The van der Waals surface area contributed by atoms with Gasteiger partial charge in [0, 0.05) is 16.7 Å². The number of alkyl halides is 1. The summed E-state index contributed by atoms with van der Waals surface area (Å²) in [4.78, 5) is 36.5. The Hall–Kier alpha value is -1.42. The van der Waals surface area contributed by atoms with Gasteiger partial charge in [0.2, 0.25) is 0 Å². The molecular weight excluding hydrogens is 376 g/mol. The number of halogens is 1. The van der Waals surface area contributed by atoms with E-state index in [4.69, 9.17) is 16.3 Å². The first-order valence-corrected chi connectivity index (χ1v) is 11.0. The summed E-state index contributed by atoms with van der Waals surface area (Å²) in [6.45, 7) is 6.05. The molecule has 152 valence electrons. The van der Waals surface area contributed by atoms with Crippen LogP contribution in [-0.2, 0) is 19.1 Å². The molecule has 5 heteroatoms. The number of rotatable bonds is 3. The van der Waals surface area contributed by atoms with Gasteiger partial charge in [0.1, 0.15) is 17.8 Å². The number of carbonyl (C=O) groups is 3. The molecule has 0 aromatic rings. The molecule has 0 N–H and O–H groups in total.